The maximum Gasteiger partial charge on any atom is 0.460 e. The molecule has 0 atom stereocenters. The molecule has 174 valence electrons. The van der Waals surface area contributed by atoms with Gasteiger partial charge in [-0.15, -0.1) is 0 Å². The molecule has 1 saturated heterocycles. The van der Waals surface area contributed by atoms with Crippen LogP contribution < -0.4 is 0 Å². The Hall–Kier alpha value is -2.37. The fourth-order valence-corrected chi connectivity index (χ4v) is 1.95. The van der Waals surface area contributed by atoms with Gasteiger partial charge in [-0.25, -0.2) is 4.79 Å². The van der Waals surface area contributed by atoms with Crippen molar-refractivity contribution in [3.63, 3.8) is 0 Å². The molecule has 5 nitrogen and oxygen atoms in total. The van der Waals surface area contributed by atoms with Crippen LogP contribution in [-0.4, -0.2) is 70.4 Å². The van der Waals surface area contributed by atoms with Crippen LogP contribution in [0, 0.1) is 0 Å². The summed E-state index contributed by atoms with van der Waals surface area (Å²) in [7, 11) is 0. The van der Waals surface area contributed by atoms with Crippen molar-refractivity contribution in [2.45, 2.75) is 42.6 Å². The van der Waals surface area contributed by atoms with E-state index in [1.165, 1.54) is 0 Å². The summed E-state index contributed by atoms with van der Waals surface area (Å²) in [6, 6.07) is -10.5. The van der Waals surface area contributed by atoms with Gasteiger partial charge in [0.25, 0.3) is 0 Å². The van der Waals surface area contributed by atoms with Gasteiger partial charge in [-0.2, -0.15) is 66.4 Å². The Balaban J connectivity index is 3.54. The van der Waals surface area contributed by atoms with E-state index in [0.29, 0.717) is 0 Å². The van der Waals surface area contributed by atoms with E-state index in [4.69, 9.17) is 0 Å². The molecular weight excluding hydrogens is 474 g/mol. The van der Waals surface area contributed by atoms with Crippen LogP contribution >= 0.6 is 0 Å². The zero-order chi connectivity index (χ0) is 24.3. The minimum absolute atomic E-state index is 1.33. The first-order valence-electron chi connectivity index (χ1n) is 6.75. The summed E-state index contributed by atoms with van der Waals surface area (Å²) in [5.74, 6) is -28.8. The number of halogens is 14. The Labute approximate surface area is 154 Å². The lowest BCUT2D eigenvalue weighted by molar-refractivity contribution is -0.432. The van der Waals surface area contributed by atoms with Crippen LogP contribution in [0.25, 0.3) is 0 Å². The van der Waals surface area contributed by atoms with Gasteiger partial charge in [-0.1, -0.05) is 0 Å². The molecule has 0 aliphatic carbocycles. The van der Waals surface area contributed by atoms with E-state index < -0.39 is 76.8 Å². The number of alkyl halides is 14. The average molecular weight is 478 g/mol. The lowest BCUT2D eigenvalue weighted by Crippen LogP contribution is -2.73. The first-order valence-corrected chi connectivity index (χ1v) is 6.75. The molecular formula is C11H4F14N2O3. The number of rotatable bonds is 5. The molecule has 1 aliphatic rings. The molecule has 0 bridgehead atoms. The van der Waals surface area contributed by atoms with E-state index in [-0.39, 0.29) is 0 Å². The molecule has 19 heteroatoms. The second-order valence-corrected chi connectivity index (χ2v) is 5.55. The van der Waals surface area contributed by atoms with Crippen molar-refractivity contribution in [3.8, 4) is 0 Å². The van der Waals surface area contributed by atoms with Gasteiger partial charge < -0.3 is 0 Å². The summed E-state index contributed by atoms with van der Waals surface area (Å²) < 4.78 is 180. The van der Waals surface area contributed by atoms with E-state index in [1.54, 1.807) is 0 Å². The highest BCUT2D eigenvalue weighted by Crippen LogP contribution is 2.58. The van der Waals surface area contributed by atoms with Crippen LogP contribution in [0.4, 0.5) is 66.3 Å². The third kappa shape index (κ3) is 3.72. The van der Waals surface area contributed by atoms with Crippen LogP contribution in [0.3, 0.4) is 0 Å². The second kappa shape index (κ2) is 6.82. The minimum Gasteiger partial charge on any atom is -0.274 e. The van der Waals surface area contributed by atoms with Crippen LogP contribution in [0.5, 0.6) is 0 Å². The number of hydrogen-bond donors (Lipinski definition) is 0. The summed E-state index contributed by atoms with van der Waals surface area (Å²) in [6.45, 7) is -2.80. The van der Waals surface area contributed by atoms with Crippen molar-refractivity contribution in [1.82, 2.24) is 9.80 Å². The molecule has 4 amide bonds. The Morgan fingerprint density at radius 3 is 1.43 bits per heavy atom. The van der Waals surface area contributed by atoms with E-state index in [1.807, 2.05) is 0 Å². The van der Waals surface area contributed by atoms with Crippen LogP contribution in [0.2, 0.25) is 0 Å². The number of urea groups is 1. The molecule has 30 heavy (non-hydrogen) atoms. The maximum absolute atomic E-state index is 13.9. The van der Waals surface area contributed by atoms with E-state index in [0.717, 1.165) is 0 Å². The number of imide groups is 2. The highest BCUT2D eigenvalue weighted by atomic mass is 19.4. The first kappa shape index (κ1) is 25.7. The normalized spacial score (nSPS) is 18.4. The average Bonchev–Trinajstić information content (AvgIpc) is 2.48. The SMILES string of the molecule is O=C1CC(=O)N(C(F)(F)C(F)(F)C(F)(F)C(F)(F)C(F)(F)F)C(=O)N1CC(F)(F)F. The molecule has 0 unspecified atom stereocenters. The predicted octanol–water partition coefficient (Wildman–Crippen LogP) is 3.79. The van der Waals surface area contributed by atoms with E-state index >= 15 is 0 Å². The van der Waals surface area contributed by atoms with Crippen molar-refractivity contribution in [3.05, 3.63) is 0 Å². The Bertz CT molecular complexity index is 740. The fraction of sp³-hybridized carbons (Fsp3) is 0.727. The Kier molecular flexibility index (Phi) is 5.84. The number of barbiturate groups is 1. The monoisotopic (exact) mass is 478 g/mol. The molecule has 0 aromatic rings. The minimum atomic E-state index is -8.02. The summed E-state index contributed by atoms with van der Waals surface area (Å²) in [4.78, 5) is 30.3. The quantitative estimate of drug-likeness (QED) is 0.344. The number of hydrogen-bond acceptors (Lipinski definition) is 3. The molecule has 1 rings (SSSR count). The highest BCUT2D eigenvalue weighted by Gasteiger charge is 2.89. The number of nitrogens with zero attached hydrogens (tertiary/aromatic N) is 2. The van der Waals surface area contributed by atoms with Crippen LogP contribution in [0.15, 0.2) is 0 Å². The zero-order valence-electron chi connectivity index (χ0n) is 13.3. The molecule has 1 aliphatic heterocycles. The second-order valence-electron chi connectivity index (χ2n) is 5.55. The van der Waals surface area contributed by atoms with Gasteiger partial charge in [0.05, 0.1) is 0 Å². The summed E-state index contributed by atoms with van der Waals surface area (Å²) >= 11 is 0. The molecule has 1 fully saturated rings. The summed E-state index contributed by atoms with van der Waals surface area (Å²) in [5, 5.41) is 0. The van der Waals surface area contributed by atoms with Crippen LogP contribution in [-0.2, 0) is 9.59 Å². The van der Waals surface area contributed by atoms with Gasteiger partial charge in [0, 0.05) is 0 Å². The molecule has 0 N–H and O–H groups in total. The summed E-state index contributed by atoms with van der Waals surface area (Å²) in [5.41, 5.74) is 0. The fourth-order valence-electron chi connectivity index (χ4n) is 1.95. The third-order valence-corrected chi connectivity index (χ3v) is 3.42. The summed E-state index contributed by atoms with van der Waals surface area (Å²) in [6.07, 6.45) is -15.4. The number of amides is 4. The highest BCUT2D eigenvalue weighted by molar-refractivity contribution is 6.14. The molecule has 0 saturated carbocycles. The number of carbonyl (C=O) groups excluding carboxylic acids is 3. The lowest BCUT2D eigenvalue weighted by Gasteiger charge is -2.42. The van der Waals surface area contributed by atoms with Gasteiger partial charge in [0.2, 0.25) is 11.8 Å². The topological polar surface area (TPSA) is 57.7 Å². The van der Waals surface area contributed by atoms with E-state index in [9.17, 15) is 75.8 Å². The molecule has 0 radical (unpaired) electrons. The zero-order valence-corrected chi connectivity index (χ0v) is 13.3. The maximum atomic E-state index is 13.9. The standard InChI is InChI=1S/C11H4F14N2O3/c12-6(13,14)2-26-3(28)1-4(29)27(5(26)30)11(24,25)9(19,20)7(15,16)8(17,18)10(21,22)23/h1-2H2. The van der Waals surface area contributed by atoms with Crippen molar-refractivity contribution >= 4 is 17.8 Å². The Morgan fingerprint density at radius 1 is 0.633 bits per heavy atom. The van der Waals surface area contributed by atoms with Gasteiger partial charge in [-0.05, 0) is 0 Å². The molecule has 0 aromatic heterocycles. The third-order valence-electron chi connectivity index (χ3n) is 3.42. The lowest BCUT2D eigenvalue weighted by atomic mass is 10.0. The van der Waals surface area contributed by atoms with Gasteiger partial charge in [0.1, 0.15) is 13.0 Å². The molecule has 0 spiro atoms. The van der Waals surface area contributed by atoms with Gasteiger partial charge in [-0.3, -0.25) is 14.5 Å². The Morgan fingerprint density at radius 2 is 1.07 bits per heavy atom. The number of carbonyl (C=O) groups is 3. The molecule has 1 heterocycles. The van der Waals surface area contributed by atoms with Gasteiger partial charge >= 0.3 is 42.2 Å². The largest absolute Gasteiger partial charge is 0.460 e. The van der Waals surface area contributed by atoms with Gasteiger partial charge in [0.15, 0.2) is 0 Å². The van der Waals surface area contributed by atoms with Crippen molar-refractivity contribution < 1.29 is 75.8 Å². The van der Waals surface area contributed by atoms with E-state index in [2.05, 4.69) is 0 Å². The van der Waals surface area contributed by atoms with Crippen molar-refractivity contribution in [2.75, 3.05) is 6.54 Å². The predicted molar refractivity (Wildman–Crippen MR) is 60.5 cm³/mol. The first-order chi connectivity index (χ1) is 12.9. The van der Waals surface area contributed by atoms with Crippen molar-refractivity contribution in [1.29, 1.82) is 0 Å². The van der Waals surface area contributed by atoms with Crippen LogP contribution in [0.1, 0.15) is 6.42 Å². The van der Waals surface area contributed by atoms with Crippen molar-refractivity contribution in [2.24, 2.45) is 0 Å². The smallest absolute Gasteiger partial charge is 0.274 e. The molecule has 0 aromatic carbocycles.